The van der Waals surface area contributed by atoms with Crippen molar-refractivity contribution < 1.29 is 14.1 Å². The average molecular weight is 393 g/mol. The topological polar surface area (TPSA) is 78.7 Å². The lowest BCUT2D eigenvalue weighted by Gasteiger charge is -2.35. The summed E-state index contributed by atoms with van der Waals surface area (Å²) in [4.78, 5) is 26.4. The molecule has 7 nitrogen and oxygen atoms in total. The number of para-hydroxylation sites is 1. The minimum Gasteiger partial charge on any atom is -0.367 e. The molecular weight excluding hydrogens is 375 g/mol. The highest BCUT2D eigenvalue weighted by molar-refractivity contribution is 6.32. The Morgan fingerprint density at radius 2 is 1.89 bits per heavy atom. The molecule has 1 amide bonds. The molecule has 0 radical (unpaired) electrons. The monoisotopic (exact) mass is 392 g/mol. The van der Waals surface area contributed by atoms with Gasteiger partial charge in [-0.15, -0.1) is 0 Å². The lowest BCUT2D eigenvalue weighted by Crippen LogP contribution is -2.48. The molecule has 1 aliphatic heterocycles. The van der Waals surface area contributed by atoms with E-state index in [1.807, 2.05) is 9.80 Å². The highest BCUT2D eigenvalue weighted by atomic mass is 35.5. The number of anilines is 2. The second-order valence-electron chi connectivity index (χ2n) is 6.19. The summed E-state index contributed by atoms with van der Waals surface area (Å²) in [5.74, 6) is -0.529. The third kappa shape index (κ3) is 4.72. The Morgan fingerprint density at radius 1 is 1.19 bits per heavy atom. The average Bonchev–Trinajstić information content (AvgIpc) is 2.64. The van der Waals surface area contributed by atoms with Gasteiger partial charge in [0.1, 0.15) is 10.8 Å². The van der Waals surface area contributed by atoms with Gasteiger partial charge in [0, 0.05) is 37.9 Å². The van der Waals surface area contributed by atoms with E-state index in [9.17, 15) is 19.3 Å². The zero-order valence-corrected chi connectivity index (χ0v) is 15.2. The molecule has 0 spiro atoms. The lowest BCUT2D eigenvalue weighted by molar-refractivity contribution is -0.384. The summed E-state index contributed by atoms with van der Waals surface area (Å²) in [6, 6.07) is 10.7. The summed E-state index contributed by atoms with van der Waals surface area (Å²) in [6.45, 7) is 2.60. The van der Waals surface area contributed by atoms with Crippen molar-refractivity contribution in [2.75, 3.05) is 42.9 Å². The Hall–Kier alpha value is -2.71. The van der Waals surface area contributed by atoms with E-state index in [0.29, 0.717) is 37.6 Å². The van der Waals surface area contributed by atoms with Gasteiger partial charge in [0.2, 0.25) is 5.91 Å². The lowest BCUT2D eigenvalue weighted by atomic mass is 10.2. The van der Waals surface area contributed by atoms with Crippen LogP contribution < -0.4 is 10.2 Å². The van der Waals surface area contributed by atoms with Crippen LogP contribution in [0.15, 0.2) is 42.5 Å². The van der Waals surface area contributed by atoms with Gasteiger partial charge >= 0.3 is 0 Å². The van der Waals surface area contributed by atoms with Crippen molar-refractivity contribution in [1.29, 1.82) is 0 Å². The van der Waals surface area contributed by atoms with Gasteiger partial charge in [-0.25, -0.2) is 4.39 Å². The van der Waals surface area contributed by atoms with Crippen LogP contribution in [0.1, 0.15) is 0 Å². The Labute approximate surface area is 160 Å². The number of carbonyl (C=O) groups is 1. The van der Waals surface area contributed by atoms with Gasteiger partial charge < -0.3 is 10.2 Å². The number of nitrogens with zero attached hydrogens (tertiary/aromatic N) is 3. The number of benzene rings is 2. The van der Waals surface area contributed by atoms with E-state index in [1.165, 1.54) is 24.3 Å². The van der Waals surface area contributed by atoms with Crippen LogP contribution in [-0.2, 0) is 4.79 Å². The first-order chi connectivity index (χ1) is 12.9. The van der Waals surface area contributed by atoms with Crippen molar-refractivity contribution in [3.05, 3.63) is 63.4 Å². The van der Waals surface area contributed by atoms with Crippen LogP contribution in [0.3, 0.4) is 0 Å². The number of amides is 1. The van der Waals surface area contributed by atoms with E-state index in [1.54, 1.807) is 18.2 Å². The fourth-order valence-electron chi connectivity index (χ4n) is 2.99. The molecule has 1 saturated heterocycles. The maximum atomic E-state index is 13.9. The molecule has 27 heavy (non-hydrogen) atoms. The van der Waals surface area contributed by atoms with Gasteiger partial charge in [-0.2, -0.15) is 0 Å². The van der Waals surface area contributed by atoms with E-state index in [-0.39, 0.29) is 29.0 Å². The van der Waals surface area contributed by atoms with Crippen LogP contribution in [0.5, 0.6) is 0 Å². The van der Waals surface area contributed by atoms with Gasteiger partial charge in [0.25, 0.3) is 5.69 Å². The van der Waals surface area contributed by atoms with Crippen molar-refractivity contribution in [2.24, 2.45) is 0 Å². The van der Waals surface area contributed by atoms with Crippen molar-refractivity contribution in [2.45, 2.75) is 0 Å². The first-order valence-corrected chi connectivity index (χ1v) is 8.77. The molecule has 2 aromatic carbocycles. The molecule has 1 N–H and O–H groups in total. The predicted molar refractivity (Wildman–Crippen MR) is 102 cm³/mol. The van der Waals surface area contributed by atoms with Crippen LogP contribution in [0.25, 0.3) is 0 Å². The fraction of sp³-hybridized carbons (Fsp3) is 0.278. The molecule has 1 aliphatic rings. The van der Waals surface area contributed by atoms with Gasteiger partial charge in [-0.05, 0) is 24.3 Å². The largest absolute Gasteiger partial charge is 0.367 e. The summed E-state index contributed by atoms with van der Waals surface area (Å²) in [5.41, 5.74) is 0.629. The summed E-state index contributed by atoms with van der Waals surface area (Å²) in [5, 5.41) is 13.6. The number of hydrogen-bond acceptors (Lipinski definition) is 5. The molecule has 142 valence electrons. The van der Waals surface area contributed by atoms with E-state index in [0.717, 1.165) is 0 Å². The molecule has 1 heterocycles. The Balaban J connectivity index is 1.53. The molecule has 0 atom stereocenters. The standard InChI is InChI=1S/C18H18ClFN4O3/c19-14-6-5-13(11-17(14)24(26)27)21-18(25)12-22-7-9-23(10-8-22)16-4-2-1-3-15(16)20/h1-6,11H,7-10,12H2,(H,21,25). The first-order valence-electron chi connectivity index (χ1n) is 8.39. The minimum absolute atomic E-state index is 0.0160. The van der Waals surface area contributed by atoms with Gasteiger partial charge in [-0.3, -0.25) is 19.8 Å². The molecule has 1 fully saturated rings. The quantitative estimate of drug-likeness (QED) is 0.624. The third-order valence-electron chi connectivity index (χ3n) is 4.36. The predicted octanol–water partition coefficient (Wildman–Crippen LogP) is 3.15. The number of piperazine rings is 1. The number of carbonyl (C=O) groups excluding carboxylic acids is 1. The van der Waals surface area contributed by atoms with E-state index < -0.39 is 4.92 Å². The number of nitrogens with one attached hydrogen (secondary N) is 1. The number of hydrogen-bond donors (Lipinski definition) is 1. The van der Waals surface area contributed by atoms with Crippen molar-refractivity contribution in [1.82, 2.24) is 4.90 Å². The summed E-state index contributed by atoms with van der Waals surface area (Å²) >= 11 is 5.76. The number of nitro groups is 1. The Kier molecular flexibility index (Phi) is 5.88. The second-order valence-corrected chi connectivity index (χ2v) is 6.59. The van der Waals surface area contributed by atoms with Crippen molar-refractivity contribution in [3.63, 3.8) is 0 Å². The highest BCUT2D eigenvalue weighted by Gasteiger charge is 2.21. The highest BCUT2D eigenvalue weighted by Crippen LogP contribution is 2.27. The van der Waals surface area contributed by atoms with Gasteiger partial charge in [0.15, 0.2) is 0 Å². The van der Waals surface area contributed by atoms with Crippen molar-refractivity contribution >= 4 is 34.6 Å². The molecule has 0 unspecified atom stereocenters. The smallest absolute Gasteiger partial charge is 0.289 e. The molecule has 0 aromatic heterocycles. The molecule has 9 heteroatoms. The number of halogens is 2. The third-order valence-corrected chi connectivity index (χ3v) is 4.68. The maximum Gasteiger partial charge on any atom is 0.289 e. The van der Waals surface area contributed by atoms with Gasteiger partial charge in [0.05, 0.1) is 17.2 Å². The van der Waals surface area contributed by atoms with Crippen LogP contribution in [0, 0.1) is 15.9 Å². The van der Waals surface area contributed by atoms with Crippen molar-refractivity contribution in [3.8, 4) is 0 Å². The Morgan fingerprint density at radius 3 is 2.56 bits per heavy atom. The zero-order chi connectivity index (χ0) is 19.4. The zero-order valence-electron chi connectivity index (χ0n) is 14.4. The van der Waals surface area contributed by atoms with Gasteiger partial charge in [-0.1, -0.05) is 23.7 Å². The summed E-state index contributed by atoms with van der Waals surface area (Å²) in [7, 11) is 0. The molecule has 0 saturated carbocycles. The van der Waals surface area contributed by atoms with Crippen LogP contribution in [0.2, 0.25) is 5.02 Å². The molecule has 2 aromatic rings. The molecule has 0 aliphatic carbocycles. The molecule has 0 bridgehead atoms. The SMILES string of the molecule is O=C(CN1CCN(c2ccccc2F)CC1)Nc1ccc(Cl)c([N+](=O)[O-])c1. The molecular formula is C18H18ClFN4O3. The van der Waals surface area contributed by atoms with E-state index in [2.05, 4.69) is 5.32 Å². The van der Waals surface area contributed by atoms with Crippen LogP contribution >= 0.6 is 11.6 Å². The maximum absolute atomic E-state index is 13.9. The molecule has 3 rings (SSSR count). The number of rotatable bonds is 5. The Bertz CT molecular complexity index is 856. The van der Waals surface area contributed by atoms with E-state index >= 15 is 0 Å². The minimum atomic E-state index is -0.597. The van der Waals surface area contributed by atoms with Crippen LogP contribution in [-0.4, -0.2) is 48.5 Å². The number of nitro benzene ring substituents is 1. The van der Waals surface area contributed by atoms with E-state index in [4.69, 9.17) is 11.6 Å². The second kappa shape index (κ2) is 8.32. The normalized spacial score (nSPS) is 14.8. The summed E-state index contributed by atoms with van der Waals surface area (Å²) < 4.78 is 13.9. The first kappa shape index (κ1) is 19.1. The van der Waals surface area contributed by atoms with Crippen LogP contribution in [0.4, 0.5) is 21.5 Å². The summed E-state index contributed by atoms with van der Waals surface area (Å²) in [6.07, 6.45) is 0. The fourth-order valence-corrected chi connectivity index (χ4v) is 3.18.